The highest BCUT2D eigenvalue weighted by atomic mass is 32.2. The highest BCUT2D eigenvalue weighted by molar-refractivity contribution is 7.84. The van der Waals surface area contributed by atoms with Gasteiger partial charge in [0.2, 0.25) is 0 Å². The van der Waals surface area contributed by atoms with Crippen LogP contribution < -0.4 is 0 Å². The van der Waals surface area contributed by atoms with Gasteiger partial charge in [0.25, 0.3) is 11.8 Å². The minimum atomic E-state index is -1.18. The molecule has 0 aliphatic carbocycles. The predicted octanol–water partition coefficient (Wildman–Crippen LogP) is 1.82. The van der Waals surface area contributed by atoms with E-state index in [1.807, 2.05) is 0 Å². The third-order valence-corrected chi connectivity index (χ3v) is 4.55. The topological polar surface area (TPSA) is 67.6 Å². The second-order valence-electron chi connectivity index (χ2n) is 4.68. The molecule has 6 heteroatoms. The molecule has 1 aliphatic rings. The molecule has 1 atom stereocenters. The molecule has 1 aromatic carbocycles. The van der Waals surface area contributed by atoms with Crippen LogP contribution in [0.2, 0.25) is 0 Å². The summed E-state index contributed by atoms with van der Waals surface area (Å²) in [7, 11) is -1.18. The molecule has 0 bridgehead atoms. The van der Waals surface area contributed by atoms with Gasteiger partial charge in [0, 0.05) is 23.1 Å². The Labute approximate surface area is 124 Å². The van der Waals surface area contributed by atoms with Gasteiger partial charge in [-0.2, -0.15) is 0 Å². The fourth-order valence-corrected chi connectivity index (χ4v) is 3.27. The van der Waals surface area contributed by atoms with E-state index in [0.29, 0.717) is 16.9 Å². The first-order valence-corrected chi connectivity index (χ1v) is 7.98. The summed E-state index contributed by atoms with van der Waals surface area (Å²) in [6, 6.07) is 10.2. The number of amides is 2. The second-order valence-corrected chi connectivity index (χ2v) is 6.25. The maximum Gasteiger partial charge on any atom is 0.261 e. The summed E-state index contributed by atoms with van der Waals surface area (Å²) >= 11 is 0. The molecule has 0 radical (unpaired) electrons. The number of hydrogen-bond donors (Lipinski definition) is 0. The van der Waals surface area contributed by atoms with E-state index in [0.717, 1.165) is 4.90 Å². The lowest BCUT2D eigenvalue weighted by molar-refractivity contribution is 0.0664. The van der Waals surface area contributed by atoms with Crippen LogP contribution in [0.1, 0.15) is 26.5 Å². The molecule has 0 N–H and O–H groups in total. The molecule has 0 saturated heterocycles. The molecule has 0 unspecified atom stereocenters. The van der Waals surface area contributed by atoms with E-state index in [1.165, 1.54) is 6.26 Å². The van der Waals surface area contributed by atoms with Gasteiger partial charge < -0.3 is 4.42 Å². The highest BCUT2D eigenvalue weighted by Gasteiger charge is 2.34. The van der Waals surface area contributed by atoms with E-state index in [9.17, 15) is 13.8 Å². The standard InChI is InChI=1S/C15H13NO4S/c17-14-12-5-1-2-6-13(12)15(18)16(14)7-9-21(19)10-11-4-3-8-20-11/h1-6,8H,7,9-10H2/t21-/m1/s1. The Morgan fingerprint density at radius 2 is 1.67 bits per heavy atom. The zero-order valence-electron chi connectivity index (χ0n) is 11.2. The Balaban J connectivity index is 1.63. The summed E-state index contributed by atoms with van der Waals surface area (Å²) in [4.78, 5) is 25.4. The number of hydrogen-bond acceptors (Lipinski definition) is 4. The number of imide groups is 1. The van der Waals surface area contributed by atoms with Crippen LogP contribution in [0.4, 0.5) is 0 Å². The quantitative estimate of drug-likeness (QED) is 0.790. The van der Waals surface area contributed by atoms with Crippen molar-refractivity contribution in [2.45, 2.75) is 5.75 Å². The first-order chi connectivity index (χ1) is 10.2. The van der Waals surface area contributed by atoms with Crippen molar-refractivity contribution in [3.8, 4) is 0 Å². The lowest BCUT2D eigenvalue weighted by atomic mass is 10.1. The zero-order chi connectivity index (χ0) is 14.8. The van der Waals surface area contributed by atoms with Gasteiger partial charge in [0.05, 0.1) is 23.1 Å². The van der Waals surface area contributed by atoms with Crippen molar-refractivity contribution < 1.29 is 18.2 Å². The van der Waals surface area contributed by atoms with Crippen LogP contribution in [-0.4, -0.2) is 33.2 Å². The Hall–Kier alpha value is -2.21. The smallest absolute Gasteiger partial charge is 0.261 e. The molecule has 0 saturated carbocycles. The molecule has 5 nitrogen and oxygen atoms in total. The molecule has 2 amide bonds. The minimum Gasteiger partial charge on any atom is -0.468 e. The highest BCUT2D eigenvalue weighted by Crippen LogP contribution is 2.22. The van der Waals surface area contributed by atoms with E-state index < -0.39 is 10.8 Å². The molecule has 0 spiro atoms. The molecular weight excluding hydrogens is 290 g/mol. The SMILES string of the molecule is O=C1c2ccccc2C(=O)N1CC[S@@](=O)Cc1ccco1. The van der Waals surface area contributed by atoms with Gasteiger partial charge in [0.1, 0.15) is 5.76 Å². The number of carbonyl (C=O) groups is 2. The summed E-state index contributed by atoms with van der Waals surface area (Å²) in [5.41, 5.74) is 0.832. The Kier molecular flexibility index (Phi) is 3.70. The van der Waals surface area contributed by atoms with Crippen LogP contribution in [0, 0.1) is 0 Å². The van der Waals surface area contributed by atoms with Crippen molar-refractivity contribution in [1.82, 2.24) is 4.90 Å². The number of benzene rings is 1. The zero-order valence-corrected chi connectivity index (χ0v) is 12.0. The molecule has 0 fully saturated rings. The van der Waals surface area contributed by atoms with E-state index in [4.69, 9.17) is 4.42 Å². The number of fused-ring (bicyclic) bond motifs is 1. The molecule has 1 aliphatic heterocycles. The normalized spacial score (nSPS) is 15.3. The van der Waals surface area contributed by atoms with E-state index >= 15 is 0 Å². The van der Waals surface area contributed by atoms with E-state index in [1.54, 1.807) is 36.4 Å². The summed E-state index contributed by atoms with van der Waals surface area (Å²) in [5, 5.41) is 0. The molecule has 2 aromatic rings. The summed E-state index contributed by atoms with van der Waals surface area (Å²) in [5.74, 6) is 0.536. The second kappa shape index (κ2) is 5.65. The maximum atomic E-state index is 12.1. The molecule has 21 heavy (non-hydrogen) atoms. The third kappa shape index (κ3) is 2.67. The Morgan fingerprint density at radius 3 is 2.24 bits per heavy atom. The van der Waals surface area contributed by atoms with Gasteiger partial charge in [-0.25, -0.2) is 0 Å². The van der Waals surface area contributed by atoms with Gasteiger partial charge in [0.15, 0.2) is 0 Å². The molecule has 108 valence electrons. The van der Waals surface area contributed by atoms with Gasteiger partial charge in [-0.15, -0.1) is 0 Å². The van der Waals surface area contributed by atoms with E-state index in [2.05, 4.69) is 0 Å². The largest absolute Gasteiger partial charge is 0.468 e. The van der Waals surface area contributed by atoms with Crippen LogP contribution in [0.25, 0.3) is 0 Å². The molecule has 2 heterocycles. The van der Waals surface area contributed by atoms with Crippen LogP contribution in [0.15, 0.2) is 47.1 Å². The van der Waals surface area contributed by atoms with Crippen molar-refractivity contribution in [1.29, 1.82) is 0 Å². The minimum absolute atomic E-state index is 0.152. The predicted molar refractivity (Wildman–Crippen MR) is 77.2 cm³/mol. The molecule has 3 rings (SSSR count). The van der Waals surface area contributed by atoms with Crippen molar-refractivity contribution in [3.63, 3.8) is 0 Å². The Morgan fingerprint density at radius 1 is 1.00 bits per heavy atom. The van der Waals surface area contributed by atoms with Crippen LogP contribution in [-0.2, 0) is 16.6 Å². The van der Waals surface area contributed by atoms with Crippen molar-refractivity contribution >= 4 is 22.6 Å². The maximum absolute atomic E-state index is 12.1. The third-order valence-electron chi connectivity index (χ3n) is 3.30. The average Bonchev–Trinajstić information content (AvgIpc) is 3.07. The fraction of sp³-hybridized carbons (Fsp3) is 0.200. The number of carbonyl (C=O) groups excluding carboxylic acids is 2. The summed E-state index contributed by atoms with van der Waals surface area (Å²) in [6.45, 7) is 0.152. The van der Waals surface area contributed by atoms with Crippen molar-refractivity contribution in [2.75, 3.05) is 12.3 Å². The van der Waals surface area contributed by atoms with Crippen LogP contribution in [0.3, 0.4) is 0 Å². The first-order valence-electron chi connectivity index (χ1n) is 6.49. The van der Waals surface area contributed by atoms with Gasteiger partial charge in [-0.3, -0.25) is 18.7 Å². The summed E-state index contributed by atoms with van der Waals surface area (Å²) < 4.78 is 17.1. The monoisotopic (exact) mass is 303 g/mol. The fourth-order valence-electron chi connectivity index (χ4n) is 2.26. The van der Waals surface area contributed by atoms with E-state index in [-0.39, 0.29) is 29.9 Å². The van der Waals surface area contributed by atoms with Gasteiger partial charge in [-0.1, -0.05) is 12.1 Å². The van der Waals surface area contributed by atoms with Gasteiger partial charge in [-0.05, 0) is 24.3 Å². The molecule has 1 aromatic heterocycles. The van der Waals surface area contributed by atoms with Crippen molar-refractivity contribution in [3.05, 3.63) is 59.5 Å². The first kappa shape index (κ1) is 13.8. The van der Waals surface area contributed by atoms with Crippen LogP contribution >= 0.6 is 0 Å². The van der Waals surface area contributed by atoms with Crippen molar-refractivity contribution in [2.24, 2.45) is 0 Å². The number of rotatable bonds is 5. The summed E-state index contributed by atoms with van der Waals surface area (Å²) in [6.07, 6.45) is 1.52. The van der Waals surface area contributed by atoms with Gasteiger partial charge >= 0.3 is 0 Å². The molecular formula is C15H13NO4S. The lowest BCUT2D eigenvalue weighted by Crippen LogP contribution is -2.33. The number of furan rings is 1. The Bertz CT molecular complexity index is 673. The lowest BCUT2D eigenvalue weighted by Gasteiger charge is -2.12. The average molecular weight is 303 g/mol. The van der Waals surface area contributed by atoms with Crippen LogP contribution in [0.5, 0.6) is 0 Å². The number of nitrogens with zero attached hydrogens (tertiary/aromatic N) is 1.